The lowest BCUT2D eigenvalue weighted by molar-refractivity contribution is -0.0706. The van der Waals surface area contributed by atoms with Crippen molar-refractivity contribution in [3.63, 3.8) is 0 Å². The molecule has 4 heteroatoms. The Labute approximate surface area is 134 Å². The Hall–Kier alpha value is -1.13. The van der Waals surface area contributed by atoms with Gasteiger partial charge in [0.05, 0.1) is 11.2 Å². The van der Waals surface area contributed by atoms with Crippen LogP contribution in [0.25, 0.3) is 0 Å². The summed E-state index contributed by atoms with van der Waals surface area (Å²) in [7, 11) is 0. The van der Waals surface area contributed by atoms with Gasteiger partial charge in [-0.25, -0.2) is 0 Å². The van der Waals surface area contributed by atoms with Crippen LogP contribution in [0.15, 0.2) is 24.5 Å². The molecule has 2 fully saturated rings. The summed E-state index contributed by atoms with van der Waals surface area (Å²) in [6, 6.07) is 5.24. The topological polar surface area (TPSA) is 37.4 Å². The van der Waals surface area contributed by atoms with Crippen molar-refractivity contribution in [2.24, 2.45) is 0 Å². The van der Waals surface area contributed by atoms with Gasteiger partial charge < -0.3 is 15.0 Å². The van der Waals surface area contributed by atoms with Crippen molar-refractivity contribution in [1.29, 1.82) is 0 Å². The van der Waals surface area contributed by atoms with Crippen molar-refractivity contribution >= 4 is 5.69 Å². The minimum Gasteiger partial charge on any atom is -0.371 e. The summed E-state index contributed by atoms with van der Waals surface area (Å²) in [5.41, 5.74) is 1.20. The minimum atomic E-state index is -0.0776. The Morgan fingerprint density at radius 1 is 1.14 bits per heavy atom. The third-order valence-electron chi connectivity index (χ3n) is 5.03. The predicted octanol–water partition coefficient (Wildman–Crippen LogP) is 2.99. The number of hydrogen-bond acceptors (Lipinski definition) is 4. The molecule has 2 saturated heterocycles. The Bertz CT molecular complexity index is 492. The van der Waals surface area contributed by atoms with Crippen LogP contribution in [-0.4, -0.2) is 41.4 Å². The molecule has 0 aromatic carbocycles. The first kappa shape index (κ1) is 15.8. The first-order valence-corrected chi connectivity index (χ1v) is 8.47. The molecule has 1 aromatic rings. The number of pyridine rings is 1. The molecule has 2 aliphatic heterocycles. The normalized spacial score (nSPS) is 28.0. The molecule has 1 atom stereocenters. The van der Waals surface area contributed by atoms with Crippen molar-refractivity contribution in [2.45, 2.75) is 70.2 Å². The molecule has 0 spiro atoms. The van der Waals surface area contributed by atoms with E-state index in [0.717, 1.165) is 19.5 Å². The van der Waals surface area contributed by atoms with Crippen LogP contribution in [0.2, 0.25) is 0 Å². The molecule has 22 heavy (non-hydrogen) atoms. The van der Waals surface area contributed by atoms with Crippen molar-refractivity contribution in [1.82, 2.24) is 10.3 Å². The average molecular weight is 303 g/mol. The maximum Gasteiger partial charge on any atom is 0.0787 e. The van der Waals surface area contributed by atoms with E-state index in [1.54, 1.807) is 0 Å². The lowest BCUT2D eigenvalue weighted by atomic mass is 9.92. The first-order valence-electron chi connectivity index (χ1n) is 8.47. The van der Waals surface area contributed by atoms with Crippen LogP contribution in [0.5, 0.6) is 0 Å². The second kappa shape index (κ2) is 5.82. The molecule has 3 heterocycles. The molecule has 0 bridgehead atoms. The Morgan fingerprint density at radius 2 is 1.77 bits per heavy atom. The van der Waals surface area contributed by atoms with Gasteiger partial charge in [0.25, 0.3) is 0 Å². The molecule has 0 unspecified atom stereocenters. The number of anilines is 1. The fourth-order valence-electron chi connectivity index (χ4n) is 3.97. The Balaban J connectivity index is 1.54. The zero-order valence-electron chi connectivity index (χ0n) is 14.3. The zero-order valence-corrected chi connectivity index (χ0v) is 14.3. The fraction of sp³-hybridized carbons (Fsp3) is 0.722. The molecule has 122 valence electrons. The zero-order chi connectivity index (χ0) is 15.8. The van der Waals surface area contributed by atoms with E-state index in [4.69, 9.17) is 4.74 Å². The number of piperidine rings is 1. The lowest BCUT2D eigenvalue weighted by Gasteiger charge is -2.37. The van der Waals surface area contributed by atoms with Gasteiger partial charge >= 0.3 is 0 Å². The third kappa shape index (κ3) is 3.44. The highest BCUT2D eigenvalue weighted by Crippen LogP contribution is 2.37. The van der Waals surface area contributed by atoms with Gasteiger partial charge in [-0.05, 0) is 59.1 Å². The second-order valence-electron chi connectivity index (χ2n) is 7.86. The predicted molar refractivity (Wildman–Crippen MR) is 90.3 cm³/mol. The van der Waals surface area contributed by atoms with Gasteiger partial charge in [-0.15, -0.1) is 0 Å². The minimum absolute atomic E-state index is 0.0150. The maximum absolute atomic E-state index is 6.20. The Morgan fingerprint density at radius 3 is 2.32 bits per heavy atom. The highest BCUT2D eigenvalue weighted by molar-refractivity contribution is 5.44. The first-order chi connectivity index (χ1) is 10.4. The van der Waals surface area contributed by atoms with Gasteiger partial charge in [0.15, 0.2) is 0 Å². The van der Waals surface area contributed by atoms with Crippen LogP contribution in [0, 0.1) is 0 Å². The van der Waals surface area contributed by atoms with Gasteiger partial charge in [0.2, 0.25) is 0 Å². The van der Waals surface area contributed by atoms with Crippen LogP contribution in [0.1, 0.15) is 47.0 Å². The lowest BCUT2D eigenvalue weighted by Crippen LogP contribution is -2.51. The standard InChI is InChI=1S/C18H29N3O/c1-17(2)13-16(18(3,4)22-17)20-14-7-11-21(12-8-14)15-5-9-19-10-6-15/h5-6,9-10,14,16,20H,7-8,11-13H2,1-4H3/t16-/m0/s1. The number of hydrogen-bond donors (Lipinski definition) is 1. The molecule has 0 radical (unpaired) electrons. The summed E-state index contributed by atoms with van der Waals surface area (Å²) < 4.78 is 6.20. The van der Waals surface area contributed by atoms with Crippen LogP contribution in [0.3, 0.4) is 0 Å². The van der Waals surface area contributed by atoms with Gasteiger partial charge in [0, 0.05) is 43.3 Å². The quantitative estimate of drug-likeness (QED) is 0.931. The van der Waals surface area contributed by atoms with E-state index in [0.29, 0.717) is 12.1 Å². The third-order valence-corrected chi connectivity index (χ3v) is 5.03. The van der Waals surface area contributed by atoms with Crippen molar-refractivity contribution in [3.8, 4) is 0 Å². The summed E-state index contributed by atoms with van der Waals surface area (Å²) >= 11 is 0. The van der Waals surface area contributed by atoms with Gasteiger partial charge in [-0.2, -0.15) is 0 Å². The number of ether oxygens (including phenoxy) is 1. The van der Waals surface area contributed by atoms with E-state index in [-0.39, 0.29) is 11.2 Å². The number of nitrogens with zero attached hydrogens (tertiary/aromatic N) is 2. The van der Waals surface area contributed by atoms with Crippen LogP contribution in [-0.2, 0) is 4.74 Å². The number of aromatic nitrogens is 1. The number of rotatable bonds is 3. The van der Waals surface area contributed by atoms with Crippen molar-refractivity contribution in [3.05, 3.63) is 24.5 Å². The fourth-order valence-corrected chi connectivity index (χ4v) is 3.97. The molecular weight excluding hydrogens is 274 g/mol. The van der Waals surface area contributed by atoms with E-state index in [2.05, 4.69) is 55.0 Å². The van der Waals surface area contributed by atoms with Crippen molar-refractivity contribution in [2.75, 3.05) is 18.0 Å². The molecule has 0 saturated carbocycles. The molecule has 1 aromatic heterocycles. The average Bonchev–Trinajstić information content (AvgIpc) is 2.68. The van der Waals surface area contributed by atoms with Crippen LogP contribution >= 0.6 is 0 Å². The smallest absolute Gasteiger partial charge is 0.0787 e. The SMILES string of the molecule is CC1(C)C[C@H](NC2CCN(c3ccncc3)CC2)C(C)(C)O1. The molecule has 2 aliphatic rings. The van der Waals surface area contributed by atoms with Gasteiger partial charge in [-0.1, -0.05) is 0 Å². The highest BCUT2D eigenvalue weighted by atomic mass is 16.5. The summed E-state index contributed by atoms with van der Waals surface area (Å²) in [4.78, 5) is 6.56. The molecule has 0 amide bonds. The van der Waals surface area contributed by atoms with E-state index < -0.39 is 0 Å². The molecule has 0 aliphatic carbocycles. The second-order valence-corrected chi connectivity index (χ2v) is 7.86. The number of nitrogens with one attached hydrogen (secondary N) is 1. The van der Waals surface area contributed by atoms with Gasteiger partial charge in [0.1, 0.15) is 0 Å². The molecular formula is C18H29N3O. The highest BCUT2D eigenvalue weighted by Gasteiger charge is 2.46. The molecule has 1 N–H and O–H groups in total. The van der Waals surface area contributed by atoms with Crippen molar-refractivity contribution < 1.29 is 4.74 Å². The summed E-state index contributed by atoms with van der Waals surface area (Å²) in [5, 5.41) is 3.87. The Kier molecular flexibility index (Phi) is 4.17. The summed E-state index contributed by atoms with van der Waals surface area (Å²) in [5.74, 6) is 0. The van der Waals surface area contributed by atoms with Gasteiger partial charge in [-0.3, -0.25) is 4.98 Å². The van der Waals surface area contributed by atoms with Crippen LogP contribution < -0.4 is 10.2 Å². The van der Waals surface area contributed by atoms with E-state index >= 15 is 0 Å². The monoisotopic (exact) mass is 303 g/mol. The van der Waals surface area contributed by atoms with E-state index in [9.17, 15) is 0 Å². The van der Waals surface area contributed by atoms with Crippen LogP contribution in [0.4, 0.5) is 5.69 Å². The molecule has 4 nitrogen and oxygen atoms in total. The summed E-state index contributed by atoms with van der Waals surface area (Å²) in [6.07, 6.45) is 7.22. The van der Waals surface area contributed by atoms with E-state index in [1.807, 2.05) is 12.4 Å². The summed E-state index contributed by atoms with van der Waals surface area (Å²) in [6.45, 7) is 11.0. The maximum atomic E-state index is 6.20. The van der Waals surface area contributed by atoms with E-state index in [1.165, 1.54) is 18.5 Å². The molecule has 3 rings (SSSR count). The largest absolute Gasteiger partial charge is 0.371 e.